The molecule has 0 bridgehead atoms. The smallest absolute Gasteiger partial charge is 0.310 e. The summed E-state index contributed by atoms with van der Waals surface area (Å²) in [5.74, 6) is -3.08. The molecule has 0 aliphatic heterocycles. The third-order valence-corrected chi connectivity index (χ3v) is 9.58. The Labute approximate surface area is 224 Å². The van der Waals surface area contributed by atoms with Gasteiger partial charge in [0.05, 0.1) is 12.0 Å². The van der Waals surface area contributed by atoms with Gasteiger partial charge in [0.15, 0.2) is 5.78 Å². The van der Waals surface area contributed by atoms with Gasteiger partial charge in [0.1, 0.15) is 17.8 Å². The Hall–Kier alpha value is -2.77. The number of Topliss-reactive ketones (excluding diaryl/α,β-unsaturated/α-hetero) is 1. The summed E-state index contributed by atoms with van der Waals surface area (Å²) in [5, 5.41) is 24.2. The maximum Gasteiger partial charge on any atom is 0.310 e. The Bertz CT molecular complexity index is 1180. The minimum absolute atomic E-state index is 0.115. The summed E-state index contributed by atoms with van der Waals surface area (Å²) in [6, 6.07) is 9.45. The normalized spacial score (nSPS) is 37.2. The number of carbonyl (C=O) groups is 3. The zero-order chi connectivity index (χ0) is 28.3. The van der Waals surface area contributed by atoms with Crippen molar-refractivity contribution in [2.75, 3.05) is 6.61 Å². The quantitative estimate of drug-likeness (QED) is 0.391. The van der Waals surface area contributed by atoms with Crippen molar-refractivity contribution >= 4 is 17.7 Å². The van der Waals surface area contributed by atoms with E-state index < -0.39 is 45.8 Å². The maximum atomic E-state index is 13.3. The van der Waals surface area contributed by atoms with E-state index in [2.05, 4.69) is 20.4 Å². The lowest BCUT2D eigenvalue weighted by atomic mass is 9.59. The van der Waals surface area contributed by atoms with Gasteiger partial charge in [-0.25, -0.2) is 0 Å². The summed E-state index contributed by atoms with van der Waals surface area (Å²) >= 11 is 0. The van der Waals surface area contributed by atoms with Crippen molar-refractivity contribution in [3.05, 3.63) is 59.7 Å². The summed E-state index contributed by atoms with van der Waals surface area (Å²) in [6.07, 6.45) is 2.12. The van der Waals surface area contributed by atoms with Crippen molar-refractivity contribution in [2.24, 2.45) is 29.1 Å². The van der Waals surface area contributed by atoms with Gasteiger partial charge < -0.3 is 19.7 Å². The fraction of sp³-hybridized carbons (Fsp3) is 0.581. The average Bonchev–Trinajstić information content (AvgIpc) is 3.21. The fourth-order valence-corrected chi connectivity index (χ4v) is 7.72. The maximum absolute atomic E-state index is 13.3. The van der Waals surface area contributed by atoms with Crippen LogP contribution in [0.3, 0.4) is 0 Å². The Morgan fingerprint density at radius 1 is 1.13 bits per heavy atom. The first-order valence-corrected chi connectivity index (χ1v) is 13.3. The summed E-state index contributed by atoms with van der Waals surface area (Å²) in [4.78, 5) is 37.6. The molecule has 0 heterocycles. The molecule has 3 aliphatic rings. The molecule has 38 heavy (non-hydrogen) atoms. The van der Waals surface area contributed by atoms with Crippen LogP contribution in [-0.2, 0) is 30.3 Å². The van der Waals surface area contributed by atoms with Crippen molar-refractivity contribution in [1.82, 2.24) is 0 Å². The molecule has 2 N–H and O–H groups in total. The molecule has 206 valence electrons. The second-order valence-corrected chi connectivity index (χ2v) is 12.3. The van der Waals surface area contributed by atoms with Gasteiger partial charge in [-0.2, -0.15) is 0 Å². The first-order chi connectivity index (χ1) is 17.6. The van der Waals surface area contributed by atoms with E-state index >= 15 is 0 Å². The van der Waals surface area contributed by atoms with Crippen LogP contribution in [0.2, 0.25) is 0 Å². The molecule has 1 aromatic carbocycles. The highest BCUT2D eigenvalue weighted by atomic mass is 16.6. The zero-order valence-electron chi connectivity index (χ0n) is 23.2. The number of hydrogen-bond acceptors (Lipinski definition) is 7. The largest absolute Gasteiger partial charge is 0.461 e. The molecule has 0 saturated heterocycles. The van der Waals surface area contributed by atoms with Crippen molar-refractivity contribution in [3.63, 3.8) is 0 Å². The Morgan fingerprint density at radius 3 is 2.37 bits per heavy atom. The van der Waals surface area contributed by atoms with Gasteiger partial charge in [0.25, 0.3) is 0 Å². The SMILES string of the molecule is C=C(COC(C)=O)C[C@]1(O)C(=O)C(C)=C[C@H]1[C@@]1(O)[C@H](C)C[C@]2(OC(=O)Cc3ccccc3)[C@H]([C@@H]1C)C2(C)C. The summed E-state index contributed by atoms with van der Waals surface area (Å²) in [7, 11) is 0. The Kier molecular flexibility index (Phi) is 7.03. The molecule has 0 spiro atoms. The lowest BCUT2D eigenvalue weighted by molar-refractivity contribution is -0.193. The van der Waals surface area contributed by atoms with E-state index in [1.807, 2.05) is 44.2 Å². The molecule has 1 aromatic rings. The second kappa shape index (κ2) is 9.45. The van der Waals surface area contributed by atoms with E-state index in [0.29, 0.717) is 17.6 Å². The van der Waals surface area contributed by atoms with Crippen LogP contribution in [0.15, 0.2) is 54.1 Å². The van der Waals surface area contributed by atoms with E-state index in [0.717, 1.165) is 5.56 Å². The number of ether oxygens (including phenoxy) is 2. The van der Waals surface area contributed by atoms with Gasteiger partial charge in [-0.15, -0.1) is 0 Å². The molecule has 7 nitrogen and oxygen atoms in total. The van der Waals surface area contributed by atoms with Gasteiger partial charge in [0, 0.05) is 30.6 Å². The van der Waals surface area contributed by atoms with E-state index in [1.54, 1.807) is 13.0 Å². The van der Waals surface area contributed by atoms with Crippen LogP contribution in [0.4, 0.5) is 0 Å². The first-order valence-electron chi connectivity index (χ1n) is 13.3. The highest BCUT2D eigenvalue weighted by molar-refractivity contribution is 6.04. The molecule has 0 aromatic heterocycles. The topological polar surface area (TPSA) is 110 Å². The van der Waals surface area contributed by atoms with Gasteiger partial charge in [-0.05, 0) is 41.9 Å². The molecular weight excluding hydrogens is 484 g/mol. The number of ketones is 1. The number of esters is 2. The Balaban J connectivity index is 1.61. The zero-order valence-corrected chi connectivity index (χ0v) is 23.2. The lowest BCUT2D eigenvalue weighted by Gasteiger charge is -2.51. The van der Waals surface area contributed by atoms with E-state index in [4.69, 9.17) is 9.47 Å². The molecule has 2 fully saturated rings. The molecule has 4 rings (SSSR count). The minimum Gasteiger partial charge on any atom is -0.461 e. The van der Waals surface area contributed by atoms with Gasteiger partial charge in [-0.1, -0.05) is 70.7 Å². The molecule has 7 atom stereocenters. The van der Waals surface area contributed by atoms with E-state index in [-0.39, 0.29) is 37.3 Å². The number of fused-ring (bicyclic) bond motifs is 1. The van der Waals surface area contributed by atoms with Crippen LogP contribution in [0.25, 0.3) is 0 Å². The number of hydrogen-bond donors (Lipinski definition) is 2. The van der Waals surface area contributed by atoms with Gasteiger partial charge in [-0.3, -0.25) is 14.4 Å². The average molecular weight is 525 g/mol. The van der Waals surface area contributed by atoms with Crippen molar-refractivity contribution in [1.29, 1.82) is 0 Å². The molecule has 0 radical (unpaired) electrons. The molecule has 7 heteroatoms. The number of carbonyl (C=O) groups excluding carboxylic acids is 3. The van der Waals surface area contributed by atoms with Crippen molar-refractivity contribution in [2.45, 2.75) is 77.6 Å². The van der Waals surface area contributed by atoms with Crippen LogP contribution in [0.5, 0.6) is 0 Å². The van der Waals surface area contributed by atoms with Crippen LogP contribution < -0.4 is 0 Å². The summed E-state index contributed by atoms with van der Waals surface area (Å²) in [5.41, 5.74) is -2.84. The minimum atomic E-state index is -1.92. The van der Waals surface area contributed by atoms with Gasteiger partial charge >= 0.3 is 11.9 Å². The first kappa shape index (κ1) is 28.2. The second-order valence-electron chi connectivity index (χ2n) is 12.3. The van der Waals surface area contributed by atoms with Gasteiger partial charge in [0.2, 0.25) is 0 Å². The van der Waals surface area contributed by atoms with E-state index in [9.17, 15) is 24.6 Å². The predicted molar refractivity (Wildman–Crippen MR) is 142 cm³/mol. The molecular formula is C31H40O7. The number of aliphatic hydroxyl groups is 2. The number of benzene rings is 1. The van der Waals surface area contributed by atoms with Crippen LogP contribution >= 0.6 is 0 Å². The van der Waals surface area contributed by atoms with Crippen LogP contribution in [0, 0.1) is 29.1 Å². The molecule has 0 unspecified atom stereocenters. The van der Waals surface area contributed by atoms with E-state index in [1.165, 1.54) is 6.92 Å². The Morgan fingerprint density at radius 2 is 1.76 bits per heavy atom. The molecule has 3 aliphatic carbocycles. The standard InChI is InChI=1S/C31H40O7/c1-18(17-37-22(5)32)15-29(35)24(13-19(2)27(29)34)31(36)20(3)16-30(26(21(31)4)28(30,6)7)38-25(33)14-23-11-9-8-10-12-23/h8-13,20-21,24,26,35-36H,1,14-17H2,2-7H3/t20-,21+,24-,26-,29-,30+,31-/m1/s1. The highest BCUT2D eigenvalue weighted by Gasteiger charge is 2.82. The van der Waals surface area contributed by atoms with Crippen LogP contribution in [-0.4, -0.2) is 51.3 Å². The number of rotatable bonds is 8. The fourth-order valence-electron chi connectivity index (χ4n) is 7.72. The lowest BCUT2D eigenvalue weighted by Crippen LogP contribution is -2.62. The monoisotopic (exact) mass is 524 g/mol. The third kappa shape index (κ3) is 4.24. The van der Waals surface area contributed by atoms with Crippen molar-refractivity contribution in [3.8, 4) is 0 Å². The third-order valence-electron chi connectivity index (χ3n) is 9.58. The van der Waals surface area contributed by atoms with Crippen molar-refractivity contribution < 1.29 is 34.1 Å². The highest BCUT2D eigenvalue weighted by Crippen LogP contribution is 2.75. The predicted octanol–water partition coefficient (Wildman–Crippen LogP) is 3.96. The molecule has 2 saturated carbocycles. The summed E-state index contributed by atoms with van der Waals surface area (Å²) in [6.45, 7) is 14.6. The summed E-state index contributed by atoms with van der Waals surface area (Å²) < 4.78 is 11.2. The molecule has 0 amide bonds. The van der Waals surface area contributed by atoms with Crippen LogP contribution in [0.1, 0.15) is 59.9 Å².